The quantitative estimate of drug-likeness (QED) is 0.863. The third kappa shape index (κ3) is 2.68. The van der Waals surface area contributed by atoms with Crippen LogP contribution in [0.15, 0.2) is 28.7 Å². The van der Waals surface area contributed by atoms with Gasteiger partial charge >= 0.3 is 0 Å². The number of hydrogen-bond donors (Lipinski definition) is 1. The molecule has 2 aliphatic rings. The molecule has 23 heavy (non-hydrogen) atoms. The van der Waals surface area contributed by atoms with Crippen molar-refractivity contribution in [3.8, 4) is 0 Å². The number of carbonyl (C=O) groups excluding carboxylic acids is 2. The summed E-state index contributed by atoms with van der Waals surface area (Å²) in [4.78, 5) is 25.8. The summed E-state index contributed by atoms with van der Waals surface area (Å²) in [6, 6.07) is 6.77. The third-order valence-electron chi connectivity index (χ3n) is 4.30. The van der Waals surface area contributed by atoms with Crippen molar-refractivity contribution in [2.24, 2.45) is 0 Å². The Balaban J connectivity index is 1.54. The highest BCUT2D eigenvalue weighted by Crippen LogP contribution is 2.25. The second-order valence-corrected chi connectivity index (χ2v) is 6.29. The number of amides is 2. The monoisotopic (exact) mass is 334 g/mol. The van der Waals surface area contributed by atoms with Gasteiger partial charge in [0.25, 0.3) is 5.91 Å². The van der Waals surface area contributed by atoms with Crippen LogP contribution in [0.3, 0.4) is 0 Å². The smallest absolute Gasteiger partial charge is 0.289 e. The van der Waals surface area contributed by atoms with Crippen LogP contribution in [0.25, 0.3) is 11.0 Å². The minimum absolute atomic E-state index is 0.0220. The predicted octanol–water partition coefficient (Wildman–Crippen LogP) is 1.82. The van der Waals surface area contributed by atoms with E-state index in [1.54, 1.807) is 29.2 Å². The Morgan fingerprint density at radius 2 is 2.22 bits per heavy atom. The maximum absolute atomic E-state index is 12.7. The minimum Gasteiger partial charge on any atom is -0.451 e. The van der Waals surface area contributed by atoms with Gasteiger partial charge in [0.2, 0.25) is 5.91 Å². The maximum Gasteiger partial charge on any atom is 0.289 e. The largest absolute Gasteiger partial charge is 0.451 e. The van der Waals surface area contributed by atoms with Crippen molar-refractivity contribution >= 4 is 34.4 Å². The van der Waals surface area contributed by atoms with E-state index in [4.69, 9.17) is 20.8 Å². The lowest BCUT2D eigenvalue weighted by Crippen LogP contribution is -2.61. The first kappa shape index (κ1) is 14.5. The molecule has 0 saturated carbocycles. The van der Waals surface area contributed by atoms with Crippen LogP contribution >= 0.6 is 11.6 Å². The summed E-state index contributed by atoms with van der Waals surface area (Å²) >= 11 is 5.96. The molecule has 1 aromatic heterocycles. The number of fused-ring (bicyclic) bond motifs is 2. The van der Waals surface area contributed by atoms with Crippen molar-refractivity contribution in [1.82, 2.24) is 10.2 Å². The first-order valence-electron chi connectivity index (χ1n) is 7.49. The van der Waals surface area contributed by atoms with E-state index in [1.165, 1.54) is 0 Å². The van der Waals surface area contributed by atoms with E-state index in [1.807, 2.05) is 0 Å². The molecule has 0 spiro atoms. The average Bonchev–Trinajstić information content (AvgIpc) is 2.96. The Bertz CT molecular complexity index is 787. The third-order valence-corrected chi connectivity index (χ3v) is 4.54. The topological polar surface area (TPSA) is 71.8 Å². The highest BCUT2D eigenvalue weighted by atomic mass is 35.5. The number of nitrogens with one attached hydrogen (secondary N) is 1. The summed E-state index contributed by atoms with van der Waals surface area (Å²) in [6.07, 6.45) is 0.675. The Morgan fingerprint density at radius 3 is 3.09 bits per heavy atom. The standard InChI is InChI=1S/C16H15ClN2O4/c17-10-1-2-12-9(5-10)6-14(23-12)16(21)19-4-3-13-11(7-19)18-15(20)8-22-13/h1-2,5-6,11,13H,3-4,7-8H2,(H,18,20)/t11-,13+/m0/s1. The van der Waals surface area contributed by atoms with Crippen molar-refractivity contribution < 1.29 is 18.7 Å². The molecule has 2 atom stereocenters. The molecule has 3 heterocycles. The fourth-order valence-corrected chi connectivity index (χ4v) is 3.34. The number of rotatable bonds is 1. The summed E-state index contributed by atoms with van der Waals surface area (Å²) in [6.45, 7) is 1.10. The normalized spacial score (nSPS) is 24.4. The van der Waals surface area contributed by atoms with Gasteiger partial charge in [0, 0.05) is 23.5 Å². The lowest BCUT2D eigenvalue weighted by Gasteiger charge is -2.40. The number of halogens is 1. The number of benzene rings is 1. The van der Waals surface area contributed by atoms with Gasteiger partial charge in [-0.3, -0.25) is 9.59 Å². The van der Waals surface area contributed by atoms with Gasteiger partial charge in [-0.1, -0.05) is 11.6 Å². The molecule has 120 valence electrons. The van der Waals surface area contributed by atoms with Crippen LogP contribution < -0.4 is 5.32 Å². The van der Waals surface area contributed by atoms with Crippen molar-refractivity contribution in [1.29, 1.82) is 0 Å². The second kappa shape index (κ2) is 5.54. The van der Waals surface area contributed by atoms with Gasteiger partial charge in [-0.2, -0.15) is 0 Å². The summed E-state index contributed by atoms with van der Waals surface area (Å²) in [5, 5.41) is 4.28. The molecule has 0 unspecified atom stereocenters. The van der Waals surface area contributed by atoms with Gasteiger partial charge < -0.3 is 19.4 Å². The fraction of sp³-hybridized carbons (Fsp3) is 0.375. The number of carbonyl (C=O) groups is 2. The maximum atomic E-state index is 12.7. The highest BCUT2D eigenvalue weighted by molar-refractivity contribution is 6.31. The average molecular weight is 335 g/mol. The molecule has 6 nitrogen and oxygen atoms in total. The number of nitrogens with zero attached hydrogens (tertiary/aromatic N) is 1. The zero-order valence-corrected chi connectivity index (χ0v) is 13.0. The molecule has 0 radical (unpaired) electrons. The van der Waals surface area contributed by atoms with Crippen molar-refractivity contribution in [2.45, 2.75) is 18.6 Å². The number of hydrogen-bond acceptors (Lipinski definition) is 4. The van der Waals surface area contributed by atoms with E-state index in [9.17, 15) is 9.59 Å². The molecule has 2 fully saturated rings. The Morgan fingerprint density at radius 1 is 1.35 bits per heavy atom. The van der Waals surface area contributed by atoms with Gasteiger partial charge in [-0.25, -0.2) is 0 Å². The molecule has 4 rings (SSSR count). The zero-order valence-electron chi connectivity index (χ0n) is 12.3. The summed E-state index contributed by atoms with van der Waals surface area (Å²) in [5.41, 5.74) is 0.627. The minimum atomic E-state index is -0.185. The van der Waals surface area contributed by atoms with Gasteiger partial charge in [0.1, 0.15) is 12.2 Å². The Hall–Kier alpha value is -2.05. The van der Waals surface area contributed by atoms with E-state index in [2.05, 4.69) is 5.32 Å². The predicted molar refractivity (Wildman–Crippen MR) is 83.4 cm³/mol. The number of piperidine rings is 1. The first-order chi connectivity index (χ1) is 11.1. The number of ether oxygens (including phenoxy) is 1. The molecule has 1 aromatic carbocycles. The molecule has 2 saturated heterocycles. The van der Waals surface area contributed by atoms with Crippen molar-refractivity contribution in [3.63, 3.8) is 0 Å². The molecule has 7 heteroatoms. The van der Waals surface area contributed by atoms with E-state index < -0.39 is 0 Å². The van der Waals surface area contributed by atoms with Crippen LogP contribution in [0.2, 0.25) is 5.02 Å². The second-order valence-electron chi connectivity index (χ2n) is 5.86. The Labute approximate surface area is 137 Å². The summed E-state index contributed by atoms with van der Waals surface area (Å²) in [5.74, 6) is -0.0432. The number of likely N-dealkylation sites (tertiary alicyclic amines) is 1. The molecule has 0 bridgehead atoms. The van der Waals surface area contributed by atoms with Crippen molar-refractivity contribution in [2.75, 3.05) is 19.7 Å². The molecular weight excluding hydrogens is 320 g/mol. The van der Waals surface area contributed by atoms with Crippen molar-refractivity contribution in [3.05, 3.63) is 35.0 Å². The number of morpholine rings is 1. The first-order valence-corrected chi connectivity index (χ1v) is 7.87. The van der Waals surface area contributed by atoms with Crippen LogP contribution in [0.1, 0.15) is 17.0 Å². The SMILES string of the molecule is O=C1CO[C@@H]2CCN(C(=O)c3cc4cc(Cl)ccc4o3)C[C@@H]2N1. The molecule has 2 aromatic rings. The molecule has 1 N–H and O–H groups in total. The van der Waals surface area contributed by atoms with E-state index >= 15 is 0 Å². The summed E-state index contributed by atoms with van der Waals surface area (Å²) in [7, 11) is 0. The van der Waals surface area contributed by atoms with Gasteiger partial charge in [-0.15, -0.1) is 0 Å². The Kier molecular flexibility index (Phi) is 3.50. The van der Waals surface area contributed by atoms with Gasteiger partial charge in [0.15, 0.2) is 5.76 Å². The molecule has 0 aliphatic carbocycles. The van der Waals surface area contributed by atoms with E-state index in [-0.39, 0.29) is 36.3 Å². The fourth-order valence-electron chi connectivity index (χ4n) is 3.16. The van der Waals surface area contributed by atoms with Crippen LogP contribution in [0, 0.1) is 0 Å². The van der Waals surface area contributed by atoms with Crippen LogP contribution in [-0.2, 0) is 9.53 Å². The molecular formula is C16H15ClN2O4. The van der Waals surface area contributed by atoms with E-state index in [0.717, 1.165) is 5.39 Å². The number of furan rings is 1. The summed E-state index contributed by atoms with van der Waals surface area (Å²) < 4.78 is 11.1. The lowest BCUT2D eigenvalue weighted by molar-refractivity contribution is -0.139. The lowest BCUT2D eigenvalue weighted by atomic mass is 10.0. The highest BCUT2D eigenvalue weighted by Gasteiger charge is 2.37. The van der Waals surface area contributed by atoms with Gasteiger partial charge in [0.05, 0.1) is 12.1 Å². The van der Waals surface area contributed by atoms with Crippen LogP contribution in [-0.4, -0.2) is 48.6 Å². The molecule has 2 aliphatic heterocycles. The van der Waals surface area contributed by atoms with Gasteiger partial charge in [-0.05, 0) is 30.7 Å². The molecule has 2 amide bonds. The zero-order chi connectivity index (χ0) is 16.0. The van der Waals surface area contributed by atoms with Crippen LogP contribution in [0.5, 0.6) is 0 Å². The van der Waals surface area contributed by atoms with E-state index in [0.29, 0.717) is 30.1 Å². The van der Waals surface area contributed by atoms with Crippen LogP contribution in [0.4, 0.5) is 0 Å².